The summed E-state index contributed by atoms with van der Waals surface area (Å²) in [5.74, 6) is 0.704. The summed E-state index contributed by atoms with van der Waals surface area (Å²) in [6, 6.07) is 0.0664. The van der Waals surface area contributed by atoms with E-state index in [1.54, 1.807) is 0 Å². The quantitative estimate of drug-likeness (QED) is 0.727. The minimum atomic E-state index is -2.87. The molecule has 5 nitrogen and oxygen atoms in total. The Morgan fingerprint density at radius 3 is 2.47 bits per heavy atom. The van der Waals surface area contributed by atoms with Gasteiger partial charge in [-0.25, -0.2) is 8.42 Å². The van der Waals surface area contributed by atoms with Crippen molar-refractivity contribution in [3.63, 3.8) is 0 Å². The van der Waals surface area contributed by atoms with Crippen molar-refractivity contribution in [3.05, 3.63) is 0 Å². The first-order chi connectivity index (χ1) is 7.80. The molecule has 2 unspecified atom stereocenters. The Kier molecular flexibility index (Phi) is 4.94. The average molecular weight is 262 g/mol. The molecule has 0 aromatic rings. The van der Waals surface area contributed by atoms with E-state index in [1.165, 1.54) is 0 Å². The zero-order valence-corrected chi connectivity index (χ0v) is 11.5. The molecule has 100 valence electrons. The Morgan fingerprint density at radius 1 is 1.35 bits per heavy atom. The molecule has 2 N–H and O–H groups in total. The summed E-state index contributed by atoms with van der Waals surface area (Å²) in [5, 5.41) is 5.86. The molecule has 0 bridgehead atoms. The fraction of sp³-hybridized carbons (Fsp3) is 0.909. The molecule has 1 aliphatic heterocycles. The maximum absolute atomic E-state index is 11.6. The normalized spacial score (nSPS) is 24.8. The first-order valence-electron chi connectivity index (χ1n) is 6.03. The van der Waals surface area contributed by atoms with Crippen molar-refractivity contribution in [1.82, 2.24) is 10.6 Å². The van der Waals surface area contributed by atoms with Crippen LogP contribution in [0, 0.1) is 5.92 Å². The van der Waals surface area contributed by atoms with E-state index in [4.69, 9.17) is 0 Å². The van der Waals surface area contributed by atoms with E-state index in [1.807, 2.05) is 20.8 Å². The lowest BCUT2D eigenvalue weighted by Gasteiger charge is -2.18. The molecule has 0 spiro atoms. The first kappa shape index (κ1) is 14.4. The Morgan fingerprint density at radius 2 is 2.00 bits per heavy atom. The molecule has 1 heterocycles. The van der Waals surface area contributed by atoms with Crippen LogP contribution >= 0.6 is 0 Å². The summed E-state index contributed by atoms with van der Waals surface area (Å²) in [6.07, 6.45) is 0.606. The van der Waals surface area contributed by atoms with E-state index < -0.39 is 9.84 Å². The van der Waals surface area contributed by atoms with Crippen LogP contribution < -0.4 is 10.6 Å². The third-order valence-electron chi connectivity index (χ3n) is 3.17. The van der Waals surface area contributed by atoms with Crippen LogP contribution in [0.25, 0.3) is 0 Å². The smallest absolute Gasteiger partial charge is 0.234 e. The van der Waals surface area contributed by atoms with Crippen LogP contribution in [0.5, 0.6) is 0 Å². The molecule has 0 aromatic carbocycles. The maximum atomic E-state index is 11.6. The van der Waals surface area contributed by atoms with Gasteiger partial charge in [-0.1, -0.05) is 13.8 Å². The van der Waals surface area contributed by atoms with Crippen LogP contribution in [0.4, 0.5) is 0 Å². The molecule has 6 heteroatoms. The second kappa shape index (κ2) is 5.82. The highest BCUT2D eigenvalue weighted by Crippen LogP contribution is 2.10. The summed E-state index contributed by atoms with van der Waals surface area (Å²) >= 11 is 0. The molecule has 1 saturated heterocycles. The van der Waals surface area contributed by atoms with Gasteiger partial charge in [0, 0.05) is 12.1 Å². The fourth-order valence-corrected chi connectivity index (χ4v) is 3.37. The highest BCUT2D eigenvalue weighted by atomic mass is 32.2. The van der Waals surface area contributed by atoms with E-state index in [9.17, 15) is 13.2 Å². The number of rotatable bonds is 5. The second-order valence-corrected chi connectivity index (χ2v) is 7.31. The van der Waals surface area contributed by atoms with Crippen molar-refractivity contribution < 1.29 is 13.2 Å². The van der Waals surface area contributed by atoms with Gasteiger partial charge in [-0.2, -0.15) is 0 Å². The third kappa shape index (κ3) is 5.04. The predicted octanol–water partition coefficient (Wildman–Crippen LogP) is -0.0762. The Labute approximate surface area is 103 Å². The Hall–Kier alpha value is -0.620. The van der Waals surface area contributed by atoms with Crippen LogP contribution in [-0.4, -0.2) is 44.5 Å². The number of nitrogens with one attached hydrogen (secondary N) is 2. The summed E-state index contributed by atoms with van der Waals surface area (Å²) in [5.41, 5.74) is 0. The van der Waals surface area contributed by atoms with Crippen molar-refractivity contribution in [1.29, 1.82) is 0 Å². The van der Waals surface area contributed by atoms with Crippen molar-refractivity contribution >= 4 is 15.7 Å². The van der Waals surface area contributed by atoms with Crippen molar-refractivity contribution in [2.24, 2.45) is 5.92 Å². The van der Waals surface area contributed by atoms with Gasteiger partial charge >= 0.3 is 0 Å². The highest BCUT2D eigenvalue weighted by Gasteiger charge is 2.27. The van der Waals surface area contributed by atoms with E-state index in [0.29, 0.717) is 12.3 Å². The number of amides is 1. The van der Waals surface area contributed by atoms with Gasteiger partial charge in [-0.15, -0.1) is 0 Å². The predicted molar refractivity (Wildman–Crippen MR) is 67.5 cm³/mol. The summed E-state index contributed by atoms with van der Waals surface area (Å²) in [6.45, 7) is 6.24. The first-order valence-corrected chi connectivity index (χ1v) is 7.85. The molecule has 2 atom stereocenters. The molecule has 0 aliphatic carbocycles. The molecule has 1 aliphatic rings. The van der Waals surface area contributed by atoms with Crippen LogP contribution in [0.3, 0.4) is 0 Å². The Bertz CT molecular complexity index is 365. The van der Waals surface area contributed by atoms with Gasteiger partial charge in [-0.05, 0) is 19.3 Å². The summed E-state index contributed by atoms with van der Waals surface area (Å²) in [7, 11) is -2.87. The van der Waals surface area contributed by atoms with Crippen LogP contribution in [-0.2, 0) is 14.6 Å². The summed E-state index contributed by atoms with van der Waals surface area (Å²) < 4.78 is 22.4. The third-order valence-corrected chi connectivity index (χ3v) is 4.94. The summed E-state index contributed by atoms with van der Waals surface area (Å²) in [4.78, 5) is 11.6. The van der Waals surface area contributed by atoms with Gasteiger partial charge < -0.3 is 10.6 Å². The SMILES string of the molecule is CC(C)C(C)NC(=O)CNC1CCS(=O)(=O)C1. The zero-order valence-electron chi connectivity index (χ0n) is 10.7. The lowest BCUT2D eigenvalue weighted by Crippen LogP contribution is -2.44. The van der Waals surface area contributed by atoms with Crippen LogP contribution in [0.2, 0.25) is 0 Å². The lowest BCUT2D eigenvalue weighted by molar-refractivity contribution is -0.121. The largest absolute Gasteiger partial charge is 0.352 e. The van der Waals surface area contributed by atoms with E-state index in [2.05, 4.69) is 10.6 Å². The van der Waals surface area contributed by atoms with Crippen molar-refractivity contribution in [2.45, 2.75) is 39.3 Å². The van der Waals surface area contributed by atoms with E-state index >= 15 is 0 Å². The highest BCUT2D eigenvalue weighted by molar-refractivity contribution is 7.91. The van der Waals surface area contributed by atoms with Gasteiger partial charge in [0.15, 0.2) is 9.84 Å². The van der Waals surface area contributed by atoms with Gasteiger partial charge in [0.25, 0.3) is 0 Å². The maximum Gasteiger partial charge on any atom is 0.234 e. The Balaban J connectivity index is 2.25. The van der Waals surface area contributed by atoms with Gasteiger partial charge in [-0.3, -0.25) is 4.79 Å². The molecule has 1 rings (SSSR count). The van der Waals surface area contributed by atoms with Gasteiger partial charge in [0.05, 0.1) is 18.1 Å². The van der Waals surface area contributed by atoms with Gasteiger partial charge in [0.2, 0.25) is 5.91 Å². The molecule has 1 fully saturated rings. The standard InChI is InChI=1S/C11H22N2O3S/c1-8(2)9(3)13-11(14)6-12-10-4-5-17(15,16)7-10/h8-10,12H,4-7H2,1-3H3,(H,13,14). The van der Waals surface area contributed by atoms with Crippen LogP contribution in [0.15, 0.2) is 0 Å². The van der Waals surface area contributed by atoms with Crippen molar-refractivity contribution in [3.8, 4) is 0 Å². The number of hydrogen-bond donors (Lipinski definition) is 2. The number of carbonyl (C=O) groups excluding carboxylic acids is 1. The average Bonchev–Trinajstić information content (AvgIpc) is 2.55. The zero-order chi connectivity index (χ0) is 13.1. The topological polar surface area (TPSA) is 75.3 Å². The minimum Gasteiger partial charge on any atom is -0.352 e. The molecule has 0 radical (unpaired) electrons. The molecular weight excluding hydrogens is 240 g/mol. The van der Waals surface area contributed by atoms with Gasteiger partial charge in [0.1, 0.15) is 0 Å². The number of sulfone groups is 1. The molecular formula is C11H22N2O3S. The lowest BCUT2D eigenvalue weighted by atomic mass is 10.1. The fourth-order valence-electron chi connectivity index (χ4n) is 1.66. The molecule has 1 amide bonds. The number of carbonyl (C=O) groups is 1. The second-order valence-electron chi connectivity index (χ2n) is 5.08. The molecule has 17 heavy (non-hydrogen) atoms. The van der Waals surface area contributed by atoms with E-state index in [0.717, 1.165) is 0 Å². The minimum absolute atomic E-state index is 0.0693. The van der Waals surface area contributed by atoms with E-state index in [-0.39, 0.29) is 36.0 Å². The number of hydrogen-bond acceptors (Lipinski definition) is 4. The molecule has 0 aromatic heterocycles. The monoisotopic (exact) mass is 262 g/mol. The van der Waals surface area contributed by atoms with Crippen molar-refractivity contribution in [2.75, 3.05) is 18.1 Å². The molecule has 0 saturated carbocycles. The van der Waals surface area contributed by atoms with Crippen LogP contribution in [0.1, 0.15) is 27.2 Å².